The highest BCUT2D eigenvalue weighted by Gasteiger charge is 2.34. The lowest BCUT2D eigenvalue weighted by Gasteiger charge is -2.29. The van der Waals surface area contributed by atoms with Crippen LogP contribution < -0.4 is 48.7 Å². The monoisotopic (exact) mass is 835 g/mol. The molecule has 0 saturated heterocycles. The number of benzene rings is 1. The number of rotatable bonds is 27. The highest BCUT2D eigenvalue weighted by Crippen LogP contribution is 2.14. The molecular formula is C39H65N9O11. The first kappa shape index (κ1) is 51.7. The number of aromatic hydroxyl groups is 1. The van der Waals surface area contributed by atoms with E-state index in [-0.39, 0.29) is 31.1 Å². The van der Waals surface area contributed by atoms with Crippen molar-refractivity contribution in [3.8, 4) is 5.75 Å². The van der Waals surface area contributed by atoms with Gasteiger partial charge in [-0.3, -0.25) is 33.6 Å². The van der Waals surface area contributed by atoms with Gasteiger partial charge in [0.15, 0.2) is 0 Å². The predicted octanol–water partition coefficient (Wildman–Crippen LogP) is -2.13. The first-order valence-electron chi connectivity index (χ1n) is 19.9. The Morgan fingerprint density at radius 1 is 0.627 bits per heavy atom. The molecule has 20 nitrogen and oxygen atoms in total. The maximum absolute atomic E-state index is 13.6. The van der Waals surface area contributed by atoms with Gasteiger partial charge >= 0.3 is 5.97 Å². The summed E-state index contributed by atoms with van der Waals surface area (Å²) in [7, 11) is 0. The Labute approximate surface area is 345 Å². The number of unbranched alkanes of at least 4 members (excludes halogenated alkanes) is 1. The number of hydrogen-bond donors (Lipinski definition) is 12. The fourth-order valence-corrected chi connectivity index (χ4v) is 5.75. The van der Waals surface area contributed by atoms with Crippen LogP contribution in [0.2, 0.25) is 0 Å². The minimum atomic E-state index is -1.61. The number of carbonyl (C=O) groups is 8. The van der Waals surface area contributed by atoms with Gasteiger partial charge in [-0.2, -0.15) is 0 Å². The lowest BCUT2D eigenvalue weighted by Crippen LogP contribution is -2.61. The van der Waals surface area contributed by atoms with Crippen LogP contribution >= 0.6 is 0 Å². The average Bonchev–Trinajstić information content (AvgIpc) is 3.20. The third kappa shape index (κ3) is 18.0. The van der Waals surface area contributed by atoms with Crippen molar-refractivity contribution in [2.45, 2.75) is 116 Å². The van der Waals surface area contributed by atoms with E-state index < -0.39 is 109 Å². The number of aliphatic hydroxyl groups excluding tert-OH is 1. The highest BCUT2D eigenvalue weighted by atomic mass is 16.4. The number of amides is 7. The van der Waals surface area contributed by atoms with Crippen LogP contribution in [-0.4, -0.2) is 125 Å². The summed E-state index contributed by atoms with van der Waals surface area (Å²) in [6, 6.07) is -1.89. The molecule has 0 aliphatic heterocycles. The third-order valence-corrected chi connectivity index (χ3v) is 9.87. The van der Waals surface area contributed by atoms with E-state index in [1.807, 2.05) is 6.92 Å². The molecule has 0 fully saturated rings. The average molecular weight is 836 g/mol. The van der Waals surface area contributed by atoms with E-state index in [4.69, 9.17) is 11.5 Å². The van der Waals surface area contributed by atoms with Gasteiger partial charge in [0, 0.05) is 6.42 Å². The number of phenols is 1. The number of carboxylic acid groups (broad SMARTS) is 1. The fraction of sp³-hybridized carbons (Fsp3) is 0.641. The van der Waals surface area contributed by atoms with Crippen LogP contribution in [0.3, 0.4) is 0 Å². The van der Waals surface area contributed by atoms with Gasteiger partial charge in [-0.1, -0.05) is 66.5 Å². The largest absolute Gasteiger partial charge is 0.508 e. The van der Waals surface area contributed by atoms with Crippen molar-refractivity contribution in [2.24, 2.45) is 29.2 Å². The Balaban J connectivity index is 3.21. The quantitative estimate of drug-likeness (QED) is 0.0422. The third-order valence-electron chi connectivity index (χ3n) is 9.87. The van der Waals surface area contributed by atoms with Crippen molar-refractivity contribution < 1.29 is 53.7 Å². The Morgan fingerprint density at radius 2 is 1.17 bits per heavy atom. The Morgan fingerprint density at radius 3 is 1.69 bits per heavy atom. The van der Waals surface area contributed by atoms with Gasteiger partial charge in [0.2, 0.25) is 41.4 Å². The molecule has 14 N–H and O–H groups in total. The molecule has 0 aliphatic carbocycles. The standard InChI is InChI=1S/C39H65N9O11/c1-7-22(5)32(46-29(51)18-41)38(57)47-31(21(3)4)37(56)45-28(20-49)36(55)44-27(17-24-12-14-25(50)15-13-24)34(53)42-19-30(52)43-26(11-9-10-16-40)35(54)48-33(39(58)59)23(6)8-2/h12-15,21-23,26-28,31-33,49-50H,7-11,16-20,40-41H2,1-6H3,(H,42,53)(H,43,52)(H,44,55)(H,45,56)(H,46,51)(H,47,57)(H,48,54)(H,58,59)/t22-,23-,26-,27-,28-,31-,32-,33-/m0/s1. The second-order valence-electron chi connectivity index (χ2n) is 14.9. The van der Waals surface area contributed by atoms with E-state index in [0.29, 0.717) is 37.8 Å². The summed E-state index contributed by atoms with van der Waals surface area (Å²) in [4.78, 5) is 104. The van der Waals surface area contributed by atoms with Crippen LogP contribution in [0.4, 0.5) is 0 Å². The number of aliphatic carboxylic acids is 1. The number of aliphatic hydroxyl groups is 1. The summed E-state index contributed by atoms with van der Waals surface area (Å²) in [5, 5.41) is 47.1. The molecule has 0 bridgehead atoms. The molecule has 0 aromatic heterocycles. The fourth-order valence-electron chi connectivity index (χ4n) is 5.75. The van der Waals surface area contributed by atoms with Crippen molar-refractivity contribution in [1.29, 1.82) is 0 Å². The van der Waals surface area contributed by atoms with Gasteiger partial charge in [0.1, 0.15) is 42.0 Å². The molecule has 7 amide bonds. The van der Waals surface area contributed by atoms with Gasteiger partial charge in [-0.15, -0.1) is 0 Å². The second kappa shape index (κ2) is 26.6. The lowest BCUT2D eigenvalue weighted by molar-refractivity contribution is -0.143. The molecule has 0 unspecified atom stereocenters. The Bertz CT molecular complexity index is 1560. The number of nitrogens with two attached hydrogens (primary N) is 2. The van der Waals surface area contributed by atoms with Gasteiger partial charge in [-0.25, -0.2) is 4.79 Å². The van der Waals surface area contributed by atoms with Crippen molar-refractivity contribution >= 4 is 47.3 Å². The molecule has 0 aliphatic rings. The SMILES string of the molecule is CC[C@H](C)[C@H](NC(=O)[C@H](CCCCN)NC(=O)CNC(=O)[C@H](Cc1ccc(O)cc1)NC(=O)[C@H](CO)NC(=O)[C@@H](NC(=O)[C@@H](NC(=O)CN)[C@@H](C)CC)C(C)C)C(=O)O. The summed E-state index contributed by atoms with van der Waals surface area (Å²) >= 11 is 0. The van der Waals surface area contributed by atoms with E-state index >= 15 is 0 Å². The topological polar surface area (TPSA) is 333 Å². The number of hydrogen-bond acceptors (Lipinski definition) is 12. The van der Waals surface area contributed by atoms with Crippen LogP contribution in [0.15, 0.2) is 24.3 Å². The van der Waals surface area contributed by atoms with Gasteiger partial charge in [-0.05, 0) is 61.3 Å². The second-order valence-corrected chi connectivity index (χ2v) is 14.9. The number of nitrogens with one attached hydrogen (secondary N) is 7. The van der Waals surface area contributed by atoms with Crippen molar-refractivity contribution in [2.75, 3.05) is 26.2 Å². The molecule has 20 heteroatoms. The summed E-state index contributed by atoms with van der Waals surface area (Å²) in [5.41, 5.74) is 11.5. The summed E-state index contributed by atoms with van der Waals surface area (Å²) in [6.07, 6.45) is 1.90. The first-order chi connectivity index (χ1) is 27.8. The van der Waals surface area contributed by atoms with Crippen LogP contribution in [0, 0.1) is 17.8 Å². The van der Waals surface area contributed by atoms with Crippen molar-refractivity contribution in [3.05, 3.63) is 29.8 Å². The molecular weight excluding hydrogens is 770 g/mol. The Kier molecular flexibility index (Phi) is 23.3. The zero-order valence-corrected chi connectivity index (χ0v) is 34.8. The summed E-state index contributed by atoms with van der Waals surface area (Å²) < 4.78 is 0. The predicted molar refractivity (Wildman–Crippen MR) is 217 cm³/mol. The minimum Gasteiger partial charge on any atom is -0.508 e. The van der Waals surface area contributed by atoms with Crippen LogP contribution in [-0.2, 0) is 44.8 Å². The zero-order chi connectivity index (χ0) is 44.8. The molecule has 0 radical (unpaired) electrons. The molecule has 0 saturated carbocycles. The van der Waals surface area contributed by atoms with Crippen LogP contribution in [0.25, 0.3) is 0 Å². The smallest absolute Gasteiger partial charge is 0.326 e. The number of carbonyl (C=O) groups excluding carboxylic acids is 7. The molecule has 1 aromatic carbocycles. The van der Waals surface area contributed by atoms with Crippen LogP contribution in [0.5, 0.6) is 5.75 Å². The van der Waals surface area contributed by atoms with E-state index in [2.05, 4.69) is 37.2 Å². The highest BCUT2D eigenvalue weighted by molar-refractivity contribution is 5.97. The maximum atomic E-state index is 13.6. The molecule has 332 valence electrons. The first-order valence-corrected chi connectivity index (χ1v) is 19.9. The van der Waals surface area contributed by atoms with Gasteiger partial charge in [0.25, 0.3) is 0 Å². The number of carboxylic acids is 1. The van der Waals surface area contributed by atoms with Gasteiger partial charge < -0.3 is 64.0 Å². The lowest BCUT2D eigenvalue weighted by atomic mass is 9.96. The molecule has 59 heavy (non-hydrogen) atoms. The van der Waals surface area contributed by atoms with E-state index in [0.717, 1.165) is 0 Å². The molecule has 1 rings (SSSR count). The summed E-state index contributed by atoms with van der Waals surface area (Å²) in [5.74, 6) is -7.99. The maximum Gasteiger partial charge on any atom is 0.326 e. The Hall–Kier alpha value is -5.34. The van der Waals surface area contributed by atoms with Gasteiger partial charge in [0.05, 0.1) is 19.7 Å². The van der Waals surface area contributed by atoms with E-state index in [1.165, 1.54) is 24.3 Å². The zero-order valence-electron chi connectivity index (χ0n) is 34.8. The van der Waals surface area contributed by atoms with Crippen molar-refractivity contribution in [3.63, 3.8) is 0 Å². The molecule has 8 atom stereocenters. The van der Waals surface area contributed by atoms with E-state index in [1.54, 1.807) is 34.6 Å². The molecule has 0 heterocycles. The van der Waals surface area contributed by atoms with Crippen LogP contribution in [0.1, 0.15) is 79.2 Å². The molecule has 0 spiro atoms. The molecule has 1 aromatic rings. The summed E-state index contributed by atoms with van der Waals surface area (Å²) in [6.45, 7) is 8.66. The normalized spacial score (nSPS) is 15.2. The minimum absolute atomic E-state index is 0.0635. The number of phenolic OH excluding ortho intramolecular Hbond substituents is 1. The van der Waals surface area contributed by atoms with Crippen molar-refractivity contribution in [1.82, 2.24) is 37.2 Å². The van der Waals surface area contributed by atoms with E-state index in [9.17, 15) is 53.7 Å².